The maximum atomic E-state index is 13.0. The van der Waals surface area contributed by atoms with Gasteiger partial charge in [0.25, 0.3) is 5.91 Å². The number of nitrogens with zero attached hydrogens (tertiary/aromatic N) is 2. The summed E-state index contributed by atoms with van der Waals surface area (Å²) >= 11 is 0. The van der Waals surface area contributed by atoms with Crippen molar-refractivity contribution >= 4 is 26.0 Å². The first-order valence-electron chi connectivity index (χ1n) is 9.81. The lowest BCUT2D eigenvalue weighted by Crippen LogP contribution is -2.50. The van der Waals surface area contributed by atoms with Crippen LogP contribution in [0.2, 0.25) is 0 Å². The summed E-state index contributed by atoms with van der Waals surface area (Å²) in [6.07, 6.45) is 0. The molecule has 1 saturated heterocycles. The predicted molar refractivity (Wildman–Crippen MR) is 117 cm³/mol. The Hall–Kier alpha value is -2.67. The molecule has 174 valence electrons. The fourth-order valence-corrected chi connectivity index (χ4v) is 5.32. The third kappa shape index (κ3) is 5.04. The number of carbonyl (C=O) groups is 1. The maximum absolute atomic E-state index is 13.0. The van der Waals surface area contributed by atoms with Gasteiger partial charge >= 0.3 is 0 Å². The molecule has 32 heavy (non-hydrogen) atoms. The number of rotatable bonds is 7. The number of amides is 1. The number of primary sulfonamides is 1. The normalized spacial score (nSPS) is 15.4. The van der Waals surface area contributed by atoms with E-state index in [1.807, 2.05) is 6.92 Å². The monoisotopic (exact) mass is 483 g/mol. The minimum absolute atomic E-state index is 0.0434. The largest absolute Gasteiger partial charge is 0.496 e. The Morgan fingerprint density at radius 2 is 1.56 bits per heavy atom. The second-order valence-corrected chi connectivity index (χ2v) is 10.5. The van der Waals surface area contributed by atoms with Gasteiger partial charge < -0.3 is 14.4 Å². The van der Waals surface area contributed by atoms with E-state index in [-0.39, 0.29) is 47.3 Å². The van der Waals surface area contributed by atoms with Crippen LogP contribution < -0.4 is 14.6 Å². The van der Waals surface area contributed by atoms with Crippen LogP contribution in [0.3, 0.4) is 0 Å². The minimum Gasteiger partial charge on any atom is -0.496 e. The second-order valence-electron chi connectivity index (χ2n) is 7.01. The Kier molecular flexibility index (Phi) is 7.08. The molecule has 0 aromatic heterocycles. The van der Waals surface area contributed by atoms with Crippen LogP contribution in [0.25, 0.3) is 0 Å². The van der Waals surface area contributed by atoms with Gasteiger partial charge in [-0.3, -0.25) is 4.79 Å². The summed E-state index contributed by atoms with van der Waals surface area (Å²) in [5.74, 6) is 0.315. The Morgan fingerprint density at radius 1 is 0.969 bits per heavy atom. The lowest BCUT2D eigenvalue weighted by Gasteiger charge is -2.34. The molecule has 1 aliphatic heterocycles. The fourth-order valence-electron chi connectivity index (χ4n) is 3.36. The molecule has 2 aromatic carbocycles. The van der Waals surface area contributed by atoms with Crippen molar-refractivity contribution in [2.75, 3.05) is 39.9 Å². The van der Waals surface area contributed by atoms with Crippen LogP contribution in [-0.4, -0.2) is 71.8 Å². The number of hydrogen-bond donors (Lipinski definition) is 1. The molecule has 12 heteroatoms. The highest BCUT2D eigenvalue weighted by Crippen LogP contribution is 2.25. The molecule has 1 heterocycles. The first kappa shape index (κ1) is 24.0. The molecule has 1 fully saturated rings. The number of benzene rings is 2. The summed E-state index contributed by atoms with van der Waals surface area (Å²) in [7, 11) is -6.36. The van der Waals surface area contributed by atoms with Crippen molar-refractivity contribution in [3.8, 4) is 11.5 Å². The molecule has 0 spiro atoms. The third-order valence-corrected chi connectivity index (χ3v) is 7.85. The maximum Gasteiger partial charge on any atom is 0.257 e. The standard InChI is InChI=1S/C20H25N3O7S2/c1-3-30-15-4-6-16(7-5-15)32(27,28)23-12-10-22(11-13-23)20(24)18-14-17(31(21,25)26)8-9-19(18)29-2/h4-9,14H,3,10-13H2,1-2H3,(H2,21,25,26). The van der Waals surface area contributed by atoms with Gasteiger partial charge in [-0.05, 0) is 49.4 Å². The first-order chi connectivity index (χ1) is 15.1. The predicted octanol–water partition coefficient (Wildman–Crippen LogP) is 0.888. The van der Waals surface area contributed by atoms with Crippen molar-refractivity contribution in [3.63, 3.8) is 0 Å². The van der Waals surface area contributed by atoms with Crippen LogP contribution in [0.1, 0.15) is 17.3 Å². The van der Waals surface area contributed by atoms with Crippen LogP contribution in [0, 0.1) is 0 Å². The lowest BCUT2D eigenvalue weighted by molar-refractivity contribution is 0.0694. The van der Waals surface area contributed by atoms with Gasteiger partial charge in [0.2, 0.25) is 20.0 Å². The fraction of sp³-hybridized carbons (Fsp3) is 0.350. The molecular formula is C20H25N3O7S2. The molecule has 1 aliphatic rings. The van der Waals surface area contributed by atoms with Gasteiger partial charge in [-0.25, -0.2) is 22.0 Å². The Bertz CT molecular complexity index is 1190. The zero-order valence-corrected chi connectivity index (χ0v) is 19.4. The molecule has 0 bridgehead atoms. The van der Waals surface area contributed by atoms with Gasteiger partial charge in [-0.1, -0.05) is 0 Å². The van der Waals surface area contributed by atoms with Crippen LogP contribution in [-0.2, 0) is 20.0 Å². The van der Waals surface area contributed by atoms with Crippen molar-refractivity contribution in [2.24, 2.45) is 5.14 Å². The van der Waals surface area contributed by atoms with Crippen LogP contribution >= 0.6 is 0 Å². The summed E-state index contributed by atoms with van der Waals surface area (Å²) < 4.78 is 61.0. The van der Waals surface area contributed by atoms with Crippen molar-refractivity contribution in [1.29, 1.82) is 0 Å². The molecule has 0 atom stereocenters. The Labute approximate surface area is 187 Å². The summed E-state index contributed by atoms with van der Waals surface area (Å²) in [5, 5.41) is 5.17. The van der Waals surface area contributed by atoms with E-state index in [0.717, 1.165) is 0 Å². The van der Waals surface area contributed by atoms with E-state index >= 15 is 0 Å². The van der Waals surface area contributed by atoms with Gasteiger partial charge in [-0.15, -0.1) is 0 Å². The lowest BCUT2D eigenvalue weighted by atomic mass is 10.1. The average molecular weight is 484 g/mol. The molecule has 2 aromatic rings. The van der Waals surface area contributed by atoms with E-state index in [1.165, 1.54) is 46.6 Å². The van der Waals surface area contributed by atoms with Gasteiger partial charge in [-0.2, -0.15) is 4.31 Å². The van der Waals surface area contributed by atoms with Gasteiger partial charge in [0, 0.05) is 26.2 Å². The molecule has 0 saturated carbocycles. The van der Waals surface area contributed by atoms with Crippen molar-refractivity contribution < 1.29 is 31.1 Å². The van der Waals surface area contributed by atoms with Gasteiger partial charge in [0.15, 0.2) is 0 Å². The number of ether oxygens (including phenoxy) is 2. The summed E-state index contributed by atoms with van der Waals surface area (Å²) in [4.78, 5) is 14.4. The van der Waals surface area contributed by atoms with Crippen LogP contribution in [0.5, 0.6) is 11.5 Å². The Morgan fingerprint density at radius 3 is 2.09 bits per heavy atom. The zero-order chi connectivity index (χ0) is 23.5. The molecule has 2 N–H and O–H groups in total. The molecule has 10 nitrogen and oxygen atoms in total. The smallest absolute Gasteiger partial charge is 0.257 e. The minimum atomic E-state index is -4.00. The van der Waals surface area contributed by atoms with Crippen molar-refractivity contribution in [2.45, 2.75) is 16.7 Å². The molecule has 1 amide bonds. The number of methoxy groups -OCH3 is 1. The van der Waals surface area contributed by atoms with E-state index in [9.17, 15) is 21.6 Å². The number of carbonyl (C=O) groups excluding carboxylic acids is 1. The van der Waals surface area contributed by atoms with E-state index in [2.05, 4.69) is 0 Å². The molecule has 0 aliphatic carbocycles. The second kappa shape index (κ2) is 9.45. The number of piperazine rings is 1. The molecule has 3 rings (SSSR count). The Balaban J connectivity index is 1.75. The highest BCUT2D eigenvalue weighted by atomic mass is 32.2. The van der Waals surface area contributed by atoms with E-state index in [4.69, 9.17) is 14.6 Å². The number of hydrogen-bond acceptors (Lipinski definition) is 7. The van der Waals surface area contributed by atoms with E-state index in [0.29, 0.717) is 12.4 Å². The zero-order valence-electron chi connectivity index (χ0n) is 17.7. The van der Waals surface area contributed by atoms with Crippen LogP contribution in [0.4, 0.5) is 0 Å². The van der Waals surface area contributed by atoms with E-state index in [1.54, 1.807) is 12.1 Å². The highest BCUT2D eigenvalue weighted by Gasteiger charge is 2.31. The topological polar surface area (TPSA) is 136 Å². The van der Waals surface area contributed by atoms with Gasteiger partial charge in [0.1, 0.15) is 11.5 Å². The quantitative estimate of drug-likeness (QED) is 0.617. The number of nitrogens with two attached hydrogens (primary N) is 1. The highest BCUT2D eigenvalue weighted by molar-refractivity contribution is 7.89. The first-order valence-corrected chi connectivity index (χ1v) is 12.8. The summed E-state index contributed by atoms with van der Waals surface area (Å²) in [6.45, 7) is 2.78. The number of sulfonamides is 2. The van der Waals surface area contributed by atoms with Crippen molar-refractivity contribution in [1.82, 2.24) is 9.21 Å². The average Bonchev–Trinajstić information content (AvgIpc) is 2.78. The molecule has 0 unspecified atom stereocenters. The van der Waals surface area contributed by atoms with Gasteiger partial charge in [0.05, 0.1) is 29.1 Å². The molecular weight excluding hydrogens is 458 g/mol. The molecule has 0 radical (unpaired) electrons. The summed E-state index contributed by atoms with van der Waals surface area (Å²) in [6, 6.07) is 9.95. The SMILES string of the molecule is CCOc1ccc(S(=O)(=O)N2CCN(C(=O)c3cc(S(N)(=O)=O)ccc3OC)CC2)cc1. The third-order valence-electron chi connectivity index (χ3n) is 5.03. The van der Waals surface area contributed by atoms with Crippen molar-refractivity contribution in [3.05, 3.63) is 48.0 Å². The van der Waals surface area contributed by atoms with E-state index < -0.39 is 26.0 Å². The van der Waals surface area contributed by atoms with Crippen LogP contribution in [0.15, 0.2) is 52.3 Å². The summed E-state index contributed by atoms with van der Waals surface area (Å²) in [5.41, 5.74) is 0.0434.